The molecule has 2 amide bonds. The Balaban J connectivity index is 0.000000209. The van der Waals surface area contributed by atoms with Gasteiger partial charge in [-0.3, -0.25) is 19.4 Å². The van der Waals surface area contributed by atoms with Gasteiger partial charge in [-0.2, -0.15) is 0 Å². The number of aliphatic hydroxyl groups is 1. The van der Waals surface area contributed by atoms with Gasteiger partial charge in [0.15, 0.2) is 5.69 Å². The molecule has 0 radical (unpaired) electrons. The minimum absolute atomic E-state index is 0.114. The van der Waals surface area contributed by atoms with Crippen molar-refractivity contribution in [2.75, 3.05) is 58.8 Å². The minimum atomic E-state index is -1.08. The number of ether oxygens (including phenoxy) is 1. The van der Waals surface area contributed by atoms with Crippen molar-refractivity contribution in [3.63, 3.8) is 0 Å². The second-order valence-electron chi connectivity index (χ2n) is 13.7. The van der Waals surface area contributed by atoms with Crippen LogP contribution in [0.4, 0.5) is 10.6 Å². The molecule has 16 nitrogen and oxygen atoms in total. The summed E-state index contributed by atoms with van der Waals surface area (Å²) in [5, 5.41) is 36.7. The number of phenols is 1. The first kappa shape index (κ1) is 41.9. The van der Waals surface area contributed by atoms with Crippen LogP contribution in [0.15, 0.2) is 55.0 Å². The number of rotatable bonds is 9. The second-order valence-corrected chi connectivity index (χ2v) is 14.1. The lowest BCUT2D eigenvalue weighted by Crippen LogP contribution is -2.48. The Morgan fingerprint density at radius 1 is 0.926 bits per heavy atom. The number of piperazine rings is 1. The molecule has 1 aliphatic carbocycles. The molecule has 1 unspecified atom stereocenters. The van der Waals surface area contributed by atoms with E-state index in [1.807, 2.05) is 33.3 Å². The van der Waals surface area contributed by atoms with Crippen LogP contribution in [0.2, 0.25) is 5.02 Å². The van der Waals surface area contributed by atoms with Crippen molar-refractivity contribution in [2.24, 2.45) is 0 Å². The van der Waals surface area contributed by atoms with Gasteiger partial charge in [0.25, 0.3) is 5.91 Å². The van der Waals surface area contributed by atoms with Crippen LogP contribution in [0, 0.1) is 0 Å². The predicted octanol–water partition coefficient (Wildman–Crippen LogP) is 4.24. The van der Waals surface area contributed by atoms with E-state index in [0.29, 0.717) is 29.6 Å². The molecule has 2 atom stereocenters. The number of hydrogen-bond acceptors (Lipinski definition) is 12. The molecule has 4 N–H and O–H groups in total. The van der Waals surface area contributed by atoms with Crippen molar-refractivity contribution < 1.29 is 44.3 Å². The Kier molecular flexibility index (Phi) is 15.1. The normalized spacial score (nSPS) is 18.4. The van der Waals surface area contributed by atoms with E-state index in [2.05, 4.69) is 24.8 Å². The summed E-state index contributed by atoms with van der Waals surface area (Å²) in [4.78, 5) is 64.4. The molecular formula is C37H48ClN7O9. The molecule has 4 heterocycles. The molecule has 2 aliphatic heterocycles. The fourth-order valence-electron chi connectivity index (χ4n) is 6.42. The summed E-state index contributed by atoms with van der Waals surface area (Å²) in [6, 6.07) is 10.5. The smallest absolute Gasteiger partial charge is 0.412 e. The largest absolute Gasteiger partial charge is 0.508 e. The quantitative estimate of drug-likeness (QED) is 0.240. The van der Waals surface area contributed by atoms with Gasteiger partial charge in [-0.1, -0.05) is 43.0 Å². The summed E-state index contributed by atoms with van der Waals surface area (Å²) in [6.45, 7) is 3.47. The van der Waals surface area contributed by atoms with E-state index in [1.54, 1.807) is 29.2 Å². The van der Waals surface area contributed by atoms with Crippen molar-refractivity contribution >= 4 is 41.4 Å². The average molecular weight is 770 g/mol. The van der Waals surface area contributed by atoms with E-state index < -0.39 is 35.8 Å². The Morgan fingerprint density at radius 3 is 2.09 bits per heavy atom. The number of carbonyl (C=O) groups excluding carboxylic acids is 2. The summed E-state index contributed by atoms with van der Waals surface area (Å²) in [5.41, 5.74) is 0.961. The predicted molar refractivity (Wildman–Crippen MR) is 198 cm³/mol. The Bertz CT molecular complexity index is 1700. The van der Waals surface area contributed by atoms with Crippen LogP contribution in [-0.4, -0.2) is 133 Å². The third kappa shape index (κ3) is 11.5. The van der Waals surface area contributed by atoms with E-state index in [1.165, 1.54) is 29.9 Å². The van der Waals surface area contributed by atoms with Crippen molar-refractivity contribution in [1.82, 2.24) is 29.7 Å². The average Bonchev–Trinajstić information content (AvgIpc) is 3.42. The Hall–Kier alpha value is -4.90. The molecule has 3 aromatic rings. The maximum Gasteiger partial charge on any atom is 0.412 e. The fourth-order valence-corrected chi connectivity index (χ4v) is 6.53. The third-order valence-electron chi connectivity index (χ3n) is 9.31. The topological polar surface area (TPSA) is 210 Å². The van der Waals surface area contributed by atoms with Gasteiger partial charge >= 0.3 is 18.0 Å². The number of pyridine rings is 1. The lowest BCUT2D eigenvalue weighted by atomic mass is 9.72. The SMILES string of the molecule is CN(C)CC(c1ccc(O)cc1)C1(O)CCCCC1.CN1CCN(C(=O)O[C@H]2c3nccnc3C(=O)N2c2ccc(Cl)cn2)CC1.O=C(O)CCC(=O)O. The molecule has 1 aromatic carbocycles. The fraction of sp³-hybridized carbons (Fsp3) is 0.486. The molecule has 0 spiro atoms. The first-order chi connectivity index (χ1) is 25.7. The number of carboxylic acids is 2. The van der Waals surface area contributed by atoms with Gasteiger partial charge in [-0.25, -0.2) is 19.7 Å². The van der Waals surface area contributed by atoms with E-state index in [9.17, 15) is 29.4 Å². The number of aromatic nitrogens is 3. The number of hydrogen-bond donors (Lipinski definition) is 4. The van der Waals surface area contributed by atoms with Crippen molar-refractivity contribution in [3.8, 4) is 5.75 Å². The minimum Gasteiger partial charge on any atom is -0.508 e. The molecule has 54 heavy (non-hydrogen) atoms. The number of likely N-dealkylation sites (N-methyl/N-ethyl adjacent to an activating group) is 2. The Morgan fingerprint density at radius 2 is 1.54 bits per heavy atom. The van der Waals surface area contributed by atoms with Gasteiger partial charge in [0.2, 0.25) is 6.23 Å². The van der Waals surface area contributed by atoms with Crippen LogP contribution in [0.3, 0.4) is 0 Å². The van der Waals surface area contributed by atoms with Crippen LogP contribution in [0.25, 0.3) is 0 Å². The number of carbonyl (C=O) groups is 4. The molecule has 1 saturated heterocycles. The summed E-state index contributed by atoms with van der Waals surface area (Å²) in [5.74, 6) is -1.88. The lowest BCUT2D eigenvalue weighted by molar-refractivity contribution is -0.143. The first-order valence-electron chi connectivity index (χ1n) is 17.7. The molecule has 3 aliphatic rings. The number of phenolic OH excluding ortho intramolecular Hbond substituents is 1. The van der Waals surface area contributed by atoms with Crippen LogP contribution in [0.1, 0.15) is 78.8 Å². The zero-order valence-electron chi connectivity index (χ0n) is 30.7. The van der Waals surface area contributed by atoms with Crippen LogP contribution >= 0.6 is 11.6 Å². The summed E-state index contributed by atoms with van der Waals surface area (Å²) >= 11 is 5.89. The van der Waals surface area contributed by atoms with Crippen LogP contribution < -0.4 is 4.90 Å². The zero-order chi connectivity index (χ0) is 39.4. The van der Waals surface area contributed by atoms with Crippen molar-refractivity contribution in [3.05, 3.63) is 77.0 Å². The van der Waals surface area contributed by atoms with Crippen LogP contribution in [-0.2, 0) is 14.3 Å². The van der Waals surface area contributed by atoms with E-state index in [-0.39, 0.29) is 30.2 Å². The van der Waals surface area contributed by atoms with E-state index in [0.717, 1.165) is 50.9 Å². The van der Waals surface area contributed by atoms with Gasteiger partial charge in [0, 0.05) is 57.2 Å². The van der Waals surface area contributed by atoms with Gasteiger partial charge in [0.1, 0.15) is 17.3 Å². The lowest BCUT2D eigenvalue weighted by Gasteiger charge is -2.40. The third-order valence-corrected chi connectivity index (χ3v) is 9.54. The molecular weight excluding hydrogens is 722 g/mol. The summed E-state index contributed by atoms with van der Waals surface area (Å²) in [6.07, 6.45) is 7.40. The molecule has 2 aromatic heterocycles. The molecule has 0 bridgehead atoms. The van der Waals surface area contributed by atoms with Gasteiger partial charge in [-0.05, 0) is 63.8 Å². The number of anilines is 1. The van der Waals surface area contributed by atoms with E-state index >= 15 is 0 Å². The number of nitrogens with zero attached hydrogens (tertiary/aromatic N) is 7. The van der Waals surface area contributed by atoms with Crippen molar-refractivity contribution in [1.29, 1.82) is 0 Å². The standard InChI is InChI=1S/C17H17ClN6O3.C16H25NO2.C4H6O4/c1-22-6-8-23(9-7-22)17(26)27-16-14-13(19-4-5-20-14)15(25)24(16)12-3-2-11(18)10-21-12;1-17(2)12-15(13-6-8-14(18)9-7-13)16(19)10-4-3-5-11-16;5-3(6)1-2-4(7)8/h2-5,10,16H,6-9H2,1H3;6-9,15,18-19H,3-5,10-12H2,1-2H3;1-2H2,(H,5,6)(H,7,8)/t16-;;/m0../s1. The first-order valence-corrected chi connectivity index (χ1v) is 18.1. The molecule has 1 saturated carbocycles. The highest BCUT2D eigenvalue weighted by Gasteiger charge is 2.44. The maximum absolute atomic E-state index is 12.8. The number of amides is 2. The number of aromatic hydroxyl groups is 1. The molecule has 2 fully saturated rings. The number of halogens is 1. The Labute approximate surface area is 319 Å². The number of benzene rings is 1. The summed E-state index contributed by atoms with van der Waals surface area (Å²) < 4.78 is 5.68. The number of fused-ring (bicyclic) bond motifs is 1. The molecule has 17 heteroatoms. The monoisotopic (exact) mass is 769 g/mol. The zero-order valence-corrected chi connectivity index (χ0v) is 31.4. The van der Waals surface area contributed by atoms with Gasteiger partial charge in [-0.15, -0.1) is 0 Å². The van der Waals surface area contributed by atoms with Crippen molar-refractivity contribution in [2.45, 2.75) is 62.7 Å². The van der Waals surface area contributed by atoms with Gasteiger partial charge in [0.05, 0.1) is 23.5 Å². The summed E-state index contributed by atoms with van der Waals surface area (Å²) in [7, 11) is 6.08. The highest BCUT2D eigenvalue weighted by atomic mass is 35.5. The molecule has 6 rings (SSSR count). The molecule has 292 valence electrons. The van der Waals surface area contributed by atoms with E-state index in [4.69, 9.17) is 26.6 Å². The second kappa shape index (κ2) is 19.4. The number of carboxylic acid groups (broad SMARTS) is 2. The van der Waals surface area contributed by atoms with Crippen LogP contribution in [0.5, 0.6) is 5.75 Å². The maximum atomic E-state index is 12.8. The number of aliphatic carboxylic acids is 2. The highest BCUT2D eigenvalue weighted by molar-refractivity contribution is 6.30. The van der Waals surface area contributed by atoms with Gasteiger partial charge < -0.3 is 39.9 Å². The highest BCUT2D eigenvalue weighted by Crippen LogP contribution is 2.41.